The number of carbonyl (C=O) groups is 1. The Hall–Kier alpha value is -3.01. The average molecular weight is 377 g/mol. The van der Waals surface area contributed by atoms with Crippen LogP contribution in [0.25, 0.3) is 10.8 Å². The molecule has 0 aliphatic carbocycles. The lowest BCUT2D eigenvalue weighted by Crippen LogP contribution is -2.38. The normalized spacial score (nSPS) is 11.8. The molecule has 146 valence electrons. The SMILES string of the molecule is CC[C@@H](Oc1ccc2ccccc2c1)C(=O)NCCCc1ccccc1OC. The van der Waals surface area contributed by atoms with Crippen LogP contribution in [0.1, 0.15) is 25.3 Å². The first-order chi connectivity index (χ1) is 13.7. The first-order valence-corrected chi connectivity index (χ1v) is 9.76. The first-order valence-electron chi connectivity index (χ1n) is 9.76. The van der Waals surface area contributed by atoms with Gasteiger partial charge in [0, 0.05) is 6.54 Å². The third-order valence-electron chi connectivity index (χ3n) is 4.78. The van der Waals surface area contributed by atoms with E-state index in [-0.39, 0.29) is 5.91 Å². The van der Waals surface area contributed by atoms with E-state index in [2.05, 4.69) is 17.4 Å². The maximum atomic E-state index is 12.5. The van der Waals surface area contributed by atoms with Crippen molar-refractivity contribution in [3.8, 4) is 11.5 Å². The minimum absolute atomic E-state index is 0.0734. The number of para-hydroxylation sites is 1. The number of ether oxygens (including phenoxy) is 2. The topological polar surface area (TPSA) is 47.6 Å². The lowest BCUT2D eigenvalue weighted by Gasteiger charge is -2.18. The Labute approximate surface area is 166 Å². The van der Waals surface area contributed by atoms with Crippen molar-refractivity contribution in [1.82, 2.24) is 5.32 Å². The number of fused-ring (bicyclic) bond motifs is 1. The highest BCUT2D eigenvalue weighted by Gasteiger charge is 2.18. The molecule has 0 unspecified atom stereocenters. The summed E-state index contributed by atoms with van der Waals surface area (Å²) in [5.41, 5.74) is 1.15. The van der Waals surface area contributed by atoms with Crippen LogP contribution in [0.5, 0.6) is 11.5 Å². The first kappa shape index (κ1) is 19.7. The fourth-order valence-corrected chi connectivity index (χ4v) is 3.24. The van der Waals surface area contributed by atoms with E-state index in [1.807, 2.05) is 61.5 Å². The van der Waals surface area contributed by atoms with E-state index >= 15 is 0 Å². The van der Waals surface area contributed by atoms with Gasteiger partial charge in [0.1, 0.15) is 11.5 Å². The second kappa shape index (κ2) is 9.79. The van der Waals surface area contributed by atoms with Gasteiger partial charge in [0.05, 0.1) is 7.11 Å². The maximum absolute atomic E-state index is 12.5. The molecule has 1 amide bonds. The molecule has 0 saturated heterocycles. The van der Waals surface area contributed by atoms with Crippen LogP contribution in [0, 0.1) is 0 Å². The Bertz CT molecular complexity index is 922. The van der Waals surface area contributed by atoms with Crippen LogP contribution in [0.4, 0.5) is 0 Å². The summed E-state index contributed by atoms with van der Waals surface area (Å²) in [4.78, 5) is 12.5. The van der Waals surface area contributed by atoms with Crippen LogP contribution in [0.15, 0.2) is 66.7 Å². The predicted molar refractivity (Wildman–Crippen MR) is 113 cm³/mol. The minimum Gasteiger partial charge on any atom is -0.496 e. The van der Waals surface area contributed by atoms with Gasteiger partial charge in [0.25, 0.3) is 5.91 Å². The Morgan fingerprint density at radius 1 is 1.00 bits per heavy atom. The molecule has 0 aromatic heterocycles. The lowest BCUT2D eigenvalue weighted by molar-refractivity contribution is -0.128. The molecule has 3 aromatic rings. The zero-order chi connectivity index (χ0) is 19.8. The summed E-state index contributed by atoms with van der Waals surface area (Å²) < 4.78 is 11.3. The average Bonchev–Trinajstić information content (AvgIpc) is 2.75. The van der Waals surface area contributed by atoms with Gasteiger partial charge in [-0.15, -0.1) is 0 Å². The Balaban J connectivity index is 1.51. The molecule has 4 heteroatoms. The van der Waals surface area contributed by atoms with Crippen molar-refractivity contribution in [2.75, 3.05) is 13.7 Å². The number of rotatable bonds is 9. The second-order valence-electron chi connectivity index (χ2n) is 6.73. The van der Waals surface area contributed by atoms with Crippen molar-refractivity contribution >= 4 is 16.7 Å². The summed E-state index contributed by atoms with van der Waals surface area (Å²) in [5.74, 6) is 1.53. The highest BCUT2D eigenvalue weighted by Crippen LogP contribution is 2.22. The van der Waals surface area contributed by atoms with Crippen molar-refractivity contribution in [3.05, 3.63) is 72.3 Å². The number of methoxy groups -OCH3 is 1. The summed E-state index contributed by atoms with van der Waals surface area (Å²) in [5, 5.41) is 5.25. The van der Waals surface area contributed by atoms with E-state index in [0.717, 1.165) is 40.7 Å². The molecule has 3 aromatic carbocycles. The smallest absolute Gasteiger partial charge is 0.261 e. The Morgan fingerprint density at radius 2 is 1.75 bits per heavy atom. The molecule has 0 radical (unpaired) electrons. The van der Waals surface area contributed by atoms with Gasteiger partial charge in [0.15, 0.2) is 6.10 Å². The molecule has 3 rings (SSSR count). The van der Waals surface area contributed by atoms with Gasteiger partial charge in [-0.1, -0.05) is 55.5 Å². The van der Waals surface area contributed by atoms with Crippen molar-refractivity contribution in [2.24, 2.45) is 0 Å². The number of amides is 1. The van der Waals surface area contributed by atoms with Gasteiger partial charge in [-0.25, -0.2) is 0 Å². The highest BCUT2D eigenvalue weighted by atomic mass is 16.5. The molecule has 0 aliphatic heterocycles. The van der Waals surface area contributed by atoms with Crippen molar-refractivity contribution < 1.29 is 14.3 Å². The lowest BCUT2D eigenvalue weighted by atomic mass is 10.1. The molecule has 0 spiro atoms. The molecule has 0 heterocycles. The quantitative estimate of drug-likeness (QED) is 0.547. The predicted octanol–water partition coefficient (Wildman–Crippen LogP) is 4.75. The van der Waals surface area contributed by atoms with E-state index in [0.29, 0.717) is 13.0 Å². The van der Waals surface area contributed by atoms with Gasteiger partial charge < -0.3 is 14.8 Å². The van der Waals surface area contributed by atoms with E-state index in [9.17, 15) is 4.79 Å². The molecular weight excluding hydrogens is 350 g/mol. The van der Waals surface area contributed by atoms with Crippen LogP contribution >= 0.6 is 0 Å². The van der Waals surface area contributed by atoms with Gasteiger partial charge in [-0.05, 0) is 53.8 Å². The van der Waals surface area contributed by atoms with E-state index < -0.39 is 6.10 Å². The number of benzene rings is 3. The number of hydrogen-bond acceptors (Lipinski definition) is 3. The standard InChI is InChI=1S/C24H27NO3/c1-3-22(28-21-15-14-18-9-4-5-11-20(18)17-21)24(26)25-16-8-12-19-10-6-7-13-23(19)27-2/h4-7,9-11,13-15,17,22H,3,8,12,16H2,1-2H3,(H,25,26)/t22-/m1/s1. The zero-order valence-electron chi connectivity index (χ0n) is 16.5. The second-order valence-corrected chi connectivity index (χ2v) is 6.73. The summed E-state index contributed by atoms with van der Waals surface area (Å²) in [6.07, 6.45) is 1.82. The number of hydrogen-bond donors (Lipinski definition) is 1. The summed E-state index contributed by atoms with van der Waals surface area (Å²) in [6, 6.07) is 22.0. The van der Waals surface area contributed by atoms with E-state index in [1.54, 1.807) is 7.11 Å². The molecule has 0 fully saturated rings. The zero-order valence-corrected chi connectivity index (χ0v) is 16.5. The van der Waals surface area contributed by atoms with Crippen molar-refractivity contribution in [1.29, 1.82) is 0 Å². The third-order valence-corrected chi connectivity index (χ3v) is 4.78. The number of carbonyl (C=O) groups excluding carboxylic acids is 1. The fourth-order valence-electron chi connectivity index (χ4n) is 3.24. The summed E-state index contributed by atoms with van der Waals surface area (Å²) in [7, 11) is 1.68. The van der Waals surface area contributed by atoms with Crippen LogP contribution in [0.3, 0.4) is 0 Å². The van der Waals surface area contributed by atoms with Crippen molar-refractivity contribution in [2.45, 2.75) is 32.3 Å². The van der Waals surface area contributed by atoms with Gasteiger partial charge in [0.2, 0.25) is 0 Å². The summed E-state index contributed by atoms with van der Waals surface area (Å²) >= 11 is 0. The van der Waals surface area contributed by atoms with E-state index in [4.69, 9.17) is 9.47 Å². The molecule has 0 aliphatic rings. The van der Waals surface area contributed by atoms with Gasteiger partial charge in [-0.2, -0.15) is 0 Å². The van der Waals surface area contributed by atoms with Gasteiger partial charge >= 0.3 is 0 Å². The molecule has 28 heavy (non-hydrogen) atoms. The van der Waals surface area contributed by atoms with Crippen LogP contribution < -0.4 is 14.8 Å². The highest BCUT2D eigenvalue weighted by molar-refractivity contribution is 5.84. The molecule has 4 nitrogen and oxygen atoms in total. The Morgan fingerprint density at radius 3 is 2.54 bits per heavy atom. The monoisotopic (exact) mass is 377 g/mol. The molecule has 1 atom stereocenters. The molecule has 1 N–H and O–H groups in total. The molecule has 0 bridgehead atoms. The largest absolute Gasteiger partial charge is 0.496 e. The number of aryl methyl sites for hydroxylation is 1. The molecule has 0 saturated carbocycles. The molecular formula is C24H27NO3. The van der Waals surface area contributed by atoms with Gasteiger partial charge in [-0.3, -0.25) is 4.79 Å². The fraction of sp³-hybridized carbons (Fsp3) is 0.292. The van der Waals surface area contributed by atoms with Crippen LogP contribution in [0.2, 0.25) is 0 Å². The summed E-state index contributed by atoms with van der Waals surface area (Å²) in [6.45, 7) is 2.56. The minimum atomic E-state index is -0.493. The Kier molecular flexibility index (Phi) is 6.90. The number of nitrogens with one attached hydrogen (secondary N) is 1. The van der Waals surface area contributed by atoms with Crippen molar-refractivity contribution in [3.63, 3.8) is 0 Å². The maximum Gasteiger partial charge on any atom is 0.261 e. The van der Waals surface area contributed by atoms with E-state index in [1.165, 1.54) is 0 Å². The van der Waals surface area contributed by atoms with Crippen LogP contribution in [-0.4, -0.2) is 25.7 Å². The third kappa shape index (κ3) is 5.03. The van der Waals surface area contributed by atoms with Crippen LogP contribution in [-0.2, 0) is 11.2 Å².